The van der Waals surface area contributed by atoms with E-state index in [1.807, 2.05) is 0 Å². The number of alkyl halides is 1. The van der Waals surface area contributed by atoms with Gasteiger partial charge in [0.1, 0.15) is 0 Å². The zero-order chi connectivity index (χ0) is 11.0. The van der Waals surface area contributed by atoms with Gasteiger partial charge in [0.15, 0.2) is 0 Å². The number of carbonyl (C=O) groups is 1. The molecule has 0 aliphatic carbocycles. The van der Waals surface area contributed by atoms with Crippen molar-refractivity contribution < 1.29 is 9.18 Å². The van der Waals surface area contributed by atoms with Gasteiger partial charge in [0.25, 0.3) is 0 Å². The third-order valence-electron chi connectivity index (χ3n) is 2.28. The predicted octanol–water partition coefficient (Wildman–Crippen LogP) is 3.64. The summed E-state index contributed by atoms with van der Waals surface area (Å²) in [6.07, 6.45) is 4.88. The van der Waals surface area contributed by atoms with Crippen LogP contribution in [0.1, 0.15) is 25.7 Å². The van der Waals surface area contributed by atoms with Crippen molar-refractivity contribution >= 4 is 17.6 Å². The van der Waals surface area contributed by atoms with Crippen molar-refractivity contribution in [3.8, 4) is 0 Å². The van der Waals surface area contributed by atoms with E-state index < -0.39 is 11.5 Å². The van der Waals surface area contributed by atoms with E-state index in [1.54, 1.807) is 12.2 Å². The summed E-state index contributed by atoms with van der Waals surface area (Å²) in [4.78, 5) is 10.9. The van der Waals surface area contributed by atoms with E-state index in [2.05, 4.69) is 13.2 Å². The summed E-state index contributed by atoms with van der Waals surface area (Å²) in [5.41, 5.74) is -0.974. The van der Waals surface area contributed by atoms with E-state index in [1.165, 1.54) is 0 Å². The molecule has 14 heavy (non-hydrogen) atoms. The molecule has 0 saturated carbocycles. The number of rotatable bonds is 8. The largest absolute Gasteiger partial charge is 0.308 e. The second-order valence-electron chi connectivity index (χ2n) is 3.33. The summed E-state index contributed by atoms with van der Waals surface area (Å²) in [6.45, 7) is 7.06. The monoisotopic (exact) mass is 218 g/mol. The fourth-order valence-electron chi connectivity index (χ4n) is 1.50. The Morgan fingerprint density at radius 2 is 1.86 bits per heavy atom. The van der Waals surface area contributed by atoms with Gasteiger partial charge in [-0.1, -0.05) is 12.2 Å². The van der Waals surface area contributed by atoms with Crippen molar-refractivity contribution in [2.75, 3.05) is 5.88 Å². The standard InChI is InChI=1S/C11H16ClFO/c1-3-6-11(7-4-2,10(13)14)8-5-9-12/h3-4H,1-2,5-9H2. The molecule has 0 aromatic heterocycles. The Morgan fingerprint density at radius 3 is 2.14 bits per heavy atom. The first-order valence-corrected chi connectivity index (χ1v) is 5.14. The van der Waals surface area contributed by atoms with Crippen molar-refractivity contribution in [1.82, 2.24) is 0 Å². The van der Waals surface area contributed by atoms with Crippen LogP contribution in [0.3, 0.4) is 0 Å². The molecule has 0 aromatic carbocycles. The van der Waals surface area contributed by atoms with Gasteiger partial charge in [-0.25, -0.2) is 0 Å². The van der Waals surface area contributed by atoms with Gasteiger partial charge in [-0.15, -0.1) is 24.8 Å². The van der Waals surface area contributed by atoms with Gasteiger partial charge < -0.3 is 0 Å². The van der Waals surface area contributed by atoms with E-state index in [9.17, 15) is 9.18 Å². The van der Waals surface area contributed by atoms with Crippen molar-refractivity contribution in [3.63, 3.8) is 0 Å². The minimum Gasteiger partial charge on any atom is -0.261 e. The molecule has 0 aliphatic rings. The predicted molar refractivity (Wildman–Crippen MR) is 58.1 cm³/mol. The fraction of sp³-hybridized carbons (Fsp3) is 0.545. The van der Waals surface area contributed by atoms with Gasteiger partial charge in [-0.3, -0.25) is 4.79 Å². The van der Waals surface area contributed by atoms with Gasteiger partial charge in [-0.05, 0) is 25.7 Å². The number of hydrogen-bond acceptors (Lipinski definition) is 1. The Labute approximate surface area is 89.6 Å². The number of halogens is 2. The zero-order valence-electron chi connectivity index (χ0n) is 8.27. The van der Waals surface area contributed by atoms with E-state index in [4.69, 9.17) is 11.6 Å². The van der Waals surface area contributed by atoms with Crippen LogP contribution in [-0.2, 0) is 4.79 Å². The average molecular weight is 219 g/mol. The Bertz CT molecular complexity index is 203. The number of carbonyl (C=O) groups excluding carboxylic acids is 1. The summed E-state index contributed by atoms with van der Waals surface area (Å²) in [5.74, 6) is 0.434. The van der Waals surface area contributed by atoms with Crippen LogP contribution in [0.25, 0.3) is 0 Å². The minimum absolute atomic E-state index is 0.339. The molecule has 0 aliphatic heterocycles. The first-order valence-electron chi connectivity index (χ1n) is 4.60. The van der Waals surface area contributed by atoms with E-state index in [0.717, 1.165) is 0 Å². The maximum absolute atomic E-state index is 12.9. The molecule has 0 saturated heterocycles. The Kier molecular flexibility index (Phi) is 6.46. The van der Waals surface area contributed by atoms with Crippen LogP contribution in [-0.4, -0.2) is 11.9 Å². The molecular weight excluding hydrogens is 203 g/mol. The van der Waals surface area contributed by atoms with Crippen LogP contribution < -0.4 is 0 Å². The molecule has 0 N–H and O–H groups in total. The van der Waals surface area contributed by atoms with Crippen molar-refractivity contribution in [2.24, 2.45) is 5.41 Å². The van der Waals surface area contributed by atoms with Crippen LogP contribution in [0.4, 0.5) is 4.39 Å². The second kappa shape index (κ2) is 6.77. The molecule has 0 amide bonds. The average Bonchev–Trinajstić information content (AvgIpc) is 2.14. The lowest BCUT2D eigenvalue weighted by Crippen LogP contribution is -2.27. The molecule has 0 atom stereocenters. The molecule has 0 heterocycles. The molecule has 0 rings (SSSR count). The lowest BCUT2D eigenvalue weighted by molar-refractivity contribution is -0.140. The normalized spacial score (nSPS) is 11.0. The summed E-state index contributed by atoms with van der Waals surface area (Å²) in [5, 5.41) is 0. The van der Waals surface area contributed by atoms with Crippen molar-refractivity contribution in [2.45, 2.75) is 25.7 Å². The van der Waals surface area contributed by atoms with E-state index in [-0.39, 0.29) is 0 Å². The summed E-state index contributed by atoms with van der Waals surface area (Å²) in [7, 11) is 0. The maximum atomic E-state index is 12.9. The molecule has 0 aromatic rings. The van der Waals surface area contributed by atoms with Gasteiger partial charge in [0.05, 0.1) is 5.41 Å². The van der Waals surface area contributed by atoms with Gasteiger partial charge in [-0.2, -0.15) is 4.39 Å². The molecule has 0 unspecified atom stereocenters. The first kappa shape index (κ1) is 13.4. The first-order chi connectivity index (χ1) is 6.63. The highest BCUT2D eigenvalue weighted by Crippen LogP contribution is 2.35. The van der Waals surface area contributed by atoms with E-state index >= 15 is 0 Å². The highest BCUT2D eigenvalue weighted by atomic mass is 35.5. The Balaban J connectivity index is 4.62. The summed E-state index contributed by atoms with van der Waals surface area (Å²) in [6, 6.07) is -1.29. The van der Waals surface area contributed by atoms with Crippen LogP contribution in [0.15, 0.2) is 25.3 Å². The fourth-order valence-corrected chi connectivity index (χ4v) is 1.64. The quantitative estimate of drug-likeness (QED) is 0.345. The summed E-state index contributed by atoms with van der Waals surface area (Å²) >= 11 is 5.53. The molecule has 0 radical (unpaired) electrons. The summed E-state index contributed by atoms with van der Waals surface area (Å²) < 4.78 is 12.9. The van der Waals surface area contributed by atoms with Gasteiger partial charge in [0.2, 0.25) is 0 Å². The van der Waals surface area contributed by atoms with Gasteiger partial charge in [0, 0.05) is 5.88 Å². The second-order valence-corrected chi connectivity index (χ2v) is 3.71. The number of allylic oxidation sites excluding steroid dienone is 2. The van der Waals surface area contributed by atoms with Crippen LogP contribution in [0.5, 0.6) is 0 Å². The maximum Gasteiger partial charge on any atom is 0.308 e. The van der Waals surface area contributed by atoms with Crippen LogP contribution in [0.2, 0.25) is 0 Å². The van der Waals surface area contributed by atoms with Crippen LogP contribution >= 0.6 is 11.6 Å². The lowest BCUT2D eigenvalue weighted by Gasteiger charge is -2.26. The highest BCUT2D eigenvalue weighted by molar-refractivity contribution is 6.17. The smallest absolute Gasteiger partial charge is 0.261 e. The van der Waals surface area contributed by atoms with Gasteiger partial charge >= 0.3 is 6.04 Å². The Morgan fingerprint density at radius 1 is 1.36 bits per heavy atom. The zero-order valence-corrected chi connectivity index (χ0v) is 9.02. The molecule has 3 heteroatoms. The molecule has 0 bridgehead atoms. The Hall–Kier alpha value is -0.630. The third kappa shape index (κ3) is 3.62. The molecule has 80 valence electrons. The topological polar surface area (TPSA) is 17.1 Å². The third-order valence-corrected chi connectivity index (χ3v) is 2.54. The molecule has 0 spiro atoms. The molecule has 0 fully saturated rings. The van der Waals surface area contributed by atoms with Crippen LogP contribution in [0, 0.1) is 5.41 Å². The van der Waals surface area contributed by atoms with E-state index in [0.29, 0.717) is 31.6 Å². The van der Waals surface area contributed by atoms with Crippen molar-refractivity contribution in [3.05, 3.63) is 25.3 Å². The minimum atomic E-state index is -1.29. The molecular formula is C11H16ClFO. The van der Waals surface area contributed by atoms with Crippen molar-refractivity contribution in [1.29, 1.82) is 0 Å². The SMILES string of the molecule is C=CCC(CC=C)(CCCCl)C(=O)F. The highest BCUT2D eigenvalue weighted by Gasteiger charge is 2.35. The number of hydrogen-bond donors (Lipinski definition) is 0. The molecule has 1 nitrogen and oxygen atoms in total. The lowest BCUT2D eigenvalue weighted by atomic mass is 9.78.